The molecule has 106 valence electrons. The van der Waals surface area contributed by atoms with E-state index in [1.54, 1.807) is 0 Å². The molecule has 1 aliphatic heterocycles. The number of rotatable bonds is 4. The van der Waals surface area contributed by atoms with E-state index in [2.05, 4.69) is 47.2 Å². The van der Waals surface area contributed by atoms with E-state index >= 15 is 0 Å². The van der Waals surface area contributed by atoms with Gasteiger partial charge in [-0.2, -0.15) is 0 Å². The number of piperazine rings is 1. The van der Waals surface area contributed by atoms with Gasteiger partial charge in [-0.1, -0.05) is 6.92 Å². The van der Waals surface area contributed by atoms with E-state index in [0.29, 0.717) is 6.04 Å². The Kier molecular flexibility index (Phi) is 4.85. The summed E-state index contributed by atoms with van der Waals surface area (Å²) >= 11 is 0. The van der Waals surface area contributed by atoms with E-state index in [0.717, 1.165) is 49.9 Å². The SMILES string of the molecule is CCNCc1cc(C)nc(C2CN(C)CCN2C)n1. The Morgan fingerprint density at radius 2 is 2.11 bits per heavy atom. The molecule has 0 radical (unpaired) electrons. The molecule has 1 fully saturated rings. The lowest BCUT2D eigenvalue weighted by Crippen LogP contribution is -2.45. The van der Waals surface area contributed by atoms with Crippen LogP contribution in [0, 0.1) is 6.92 Å². The number of aromatic nitrogens is 2. The molecule has 2 rings (SSSR count). The van der Waals surface area contributed by atoms with Gasteiger partial charge in [-0.05, 0) is 33.6 Å². The van der Waals surface area contributed by atoms with E-state index in [-0.39, 0.29) is 0 Å². The van der Waals surface area contributed by atoms with Crippen molar-refractivity contribution in [2.45, 2.75) is 26.4 Å². The molecule has 1 saturated heterocycles. The Morgan fingerprint density at radius 3 is 2.84 bits per heavy atom. The third kappa shape index (κ3) is 3.72. The summed E-state index contributed by atoms with van der Waals surface area (Å²) in [5, 5.41) is 3.33. The highest BCUT2D eigenvalue weighted by molar-refractivity contribution is 5.13. The molecule has 5 heteroatoms. The second-order valence-electron chi connectivity index (χ2n) is 5.40. The fourth-order valence-corrected chi connectivity index (χ4v) is 2.44. The lowest BCUT2D eigenvalue weighted by atomic mass is 10.1. The van der Waals surface area contributed by atoms with Gasteiger partial charge in [-0.3, -0.25) is 4.90 Å². The van der Waals surface area contributed by atoms with Gasteiger partial charge in [0.1, 0.15) is 5.82 Å². The highest BCUT2D eigenvalue weighted by Gasteiger charge is 2.26. The monoisotopic (exact) mass is 263 g/mol. The van der Waals surface area contributed by atoms with E-state index in [1.807, 2.05) is 6.92 Å². The average molecular weight is 263 g/mol. The van der Waals surface area contributed by atoms with Crippen LogP contribution in [-0.4, -0.2) is 60.0 Å². The van der Waals surface area contributed by atoms with Gasteiger partial charge in [0.2, 0.25) is 0 Å². The van der Waals surface area contributed by atoms with Crippen LogP contribution in [0.1, 0.15) is 30.2 Å². The van der Waals surface area contributed by atoms with Gasteiger partial charge in [-0.25, -0.2) is 9.97 Å². The van der Waals surface area contributed by atoms with Crippen molar-refractivity contribution < 1.29 is 0 Å². The highest BCUT2D eigenvalue weighted by atomic mass is 15.3. The summed E-state index contributed by atoms with van der Waals surface area (Å²) in [6.07, 6.45) is 0. The maximum Gasteiger partial charge on any atom is 0.147 e. The van der Waals surface area contributed by atoms with Crippen molar-refractivity contribution in [2.75, 3.05) is 40.3 Å². The molecule has 1 aliphatic rings. The standard InChI is InChI=1S/C14H25N5/c1-5-15-9-12-8-11(2)16-14(17-12)13-10-18(3)6-7-19(13)4/h8,13,15H,5-7,9-10H2,1-4H3. The van der Waals surface area contributed by atoms with Crippen molar-refractivity contribution in [3.8, 4) is 0 Å². The van der Waals surface area contributed by atoms with E-state index < -0.39 is 0 Å². The normalized spacial score (nSPS) is 21.8. The zero-order chi connectivity index (χ0) is 13.8. The molecular weight excluding hydrogens is 238 g/mol. The zero-order valence-electron chi connectivity index (χ0n) is 12.5. The van der Waals surface area contributed by atoms with E-state index in [4.69, 9.17) is 4.98 Å². The maximum absolute atomic E-state index is 4.74. The molecule has 19 heavy (non-hydrogen) atoms. The van der Waals surface area contributed by atoms with Gasteiger partial charge in [0.25, 0.3) is 0 Å². The Hall–Kier alpha value is -1.04. The van der Waals surface area contributed by atoms with Gasteiger partial charge in [0, 0.05) is 31.9 Å². The number of hydrogen-bond acceptors (Lipinski definition) is 5. The molecule has 1 atom stereocenters. The summed E-state index contributed by atoms with van der Waals surface area (Å²) < 4.78 is 0. The maximum atomic E-state index is 4.74. The predicted octanol–water partition coefficient (Wildman–Crippen LogP) is 0.813. The molecule has 0 aromatic carbocycles. The molecule has 1 aromatic heterocycles. The fourth-order valence-electron chi connectivity index (χ4n) is 2.44. The minimum Gasteiger partial charge on any atom is -0.311 e. The lowest BCUT2D eigenvalue weighted by Gasteiger charge is -2.36. The van der Waals surface area contributed by atoms with Crippen LogP contribution in [0.2, 0.25) is 0 Å². The molecular formula is C14H25N5. The van der Waals surface area contributed by atoms with Crippen molar-refractivity contribution >= 4 is 0 Å². The number of aryl methyl sites for hydroxylation is 1. The van der Waals surface area contributed by atoms with Crippen LogP contribution in [0.4, 0.5) is 0 Å². The molecule has 5 nitrogen and oxygen atoms in total. The average Bonchev–Trinajstić information content (AvgIpc) is 2.38. The van der Waals surface area contributed by atoms with Crippen molar-refractivity contribution in [1.29, 1.82) is 0 Å². The van der Waals surface area contributed by atoms with Crippen molar-refractivity contribution in [3.63, 3.8) is 0 Å². The predicted molar refractivity (Wildman–Crippen MR) is 77.0 cm³/mol. The fraction of sp³-hybridized carbons (Fsp3) is 0.714. The van der Waals surface area contributed by atoms with E-state index in [9.17, 15) is 0 Å². The first-order chi connectivity index (χ1) is 9.10. The van der Waals surface area contributed by atoms with Crippen LogP contribution < -0.4 is 5.32 Å². The van der Waals surface area contributed by atoms with Crippen molar-refractivity contribution in [3.05, 3.63) is 23.3 Å². The minimum atomic E-state index is 0.305. The molecule has 0 bridgehead atoms. The van der Waals surface area contributed by atoms with Crippen LogP contribution >= 0.6 is 0 Å². The second-order valence-corrected chi connectivity index (χ2v) is 5.40. The van der Waals surface area contributed by atoms with Crippen LogP contribution in [0.5, 0.6) is 0 Å². The summed E-state index contributed by atoms with van der Waals surface area (Å²) in [4.78, 5) is 14.1. The van der Waals surface area contributed by atoms with Crippen molar-refractivity contribution in [1.82, 2.24) is 25.1 Å². The Morgan fingerprint density at radius 1 is 1.32 bits per heavy atom. The third-order valence-corrected chi connectivity index (χ3v) is 3.63. The summed E-state index contributed by atoms with van der Waals surface area (Å²) in [6.45, 7) is 9.13. The van der Waals surface area contributed by atoms with Crippen LogP contribution in [0.15, 0.2) is 6.07 Å². The smallest absolute Gasteiger partial charge is 0.147 e. The zero-order valence-corrected chi connectivity index (χ0v) is 12.5. The Bertz CT molecular complexity index is 420. The molecule has 2 heterocycles. The minimum absolute atomic E-state index is 0.305. The lowest BCUT2D eigenvalue weighted by molar-refractivity contribution is 0.109. The molecule has 1 aromatic rings. The van der Waals surface area contributed by atoms with Crippen LogP contribution in [0.25, 0.3) is 0 Å². The molecule has 1 N–H and O–H groups in total. The van der Waals surface area contributed by atoms with E-state index in [1.165, 1.54) is 0 Å². The van der Waals surface area contributed by atoms with Crippen molar-refractivity contribution in [2.24, 2.45) is 0 Å². The topological polar surface area (TPSA) is 44.3 Å². The molecule has 0 amide bonds. The number of hydrogen-bond donors (Lipinski definition) is 1. The number of likely N-dealkylation sites (N-methyl/N-ethyl adjacent to an activating group) is 2. The summed E-state index contributed by atoms with van der Waals surface area (Å²) in [5.41, 5.74) is 2.14. The largest absolute Gasteiger partial charge is 0.311 e. The Balaban J connectivity index is 2.20. The number of nitrogens with zero attached hydrogens (tertiary/aromatic N) is 4. The highest BCUT2D eigenvalue weighted by Crippen LogP contribution is 2.20. The molecule has 1 unspecified atom stereocenters. The molecule has 0 spiro atoms. The quantitative estimate of drug-likeness (QED) is 0.871. The first-order valence-electron chi connectivity index (χ1n) is 7.04. The summed E-state index contributed by atoms with van der Waals surface area (Å²) in [5.74, 6) is 0.960. The van der Waals surface area contributed by atoms with Gasteiger partial charge >= 0.3 is 0 Å². The molecule has 0 aliphatic carbocycles. The number of nitrogens with one attached hydrogen (secondary N) is 1. The van der Waals surface area contributed by atoms with Gasteiger partial charge in [0.15, 0.2) is 0 Å². The van der Waals surface area contributed by atoms with Gasteiger partial charge < -0.3 is 10.2 Å². The van der Waals surface area contributed by atoms with Crippen LogP contribution in [0.3, 0.4) is 0 Å². The summed E-state index contributed by atoms with van der Waals surface area (Å²) in [7, 11) is 4.32. The van der Waals surface area contributed by atoms with Crippen LogP contribution in [-0.2, 0) is 6.54 Å². The third-order valence-electron chi connectivity index (χ3n) is 3.63. The Labute approximate surface area is 116 Å². The first-order valence-corrected chi connectivity index (χ1v) is 7.04. The van der Waals surface area contributed by atoms with Gasteiger partial charge in [-0.15, -0.1) is 0 Å². The molecule has 0 saturated carbocycles. The second kappa shape index (κ2) is 6.41. The first kappa shape index (κ1) is 14.4. The van der Waals surface area contributed by atoms with Gasteiger partial charge in [0.05, 0.1) is 11.7 Å². The summed E-state index contributed by atoms with van der Waals surface area (Å²) in [6, 6.07) is 2.37.